The Kier molecular flexibility index (Phi) is 5.98. The first kappa shape index (κ1) is 19.2. The van der Waals surface area contributed by atoms with Crippen LogP contribution in [0.5, 0.6) is 5.75 Å². The van der Waals surface area contributed by atoms with Crippen molar-refractivity contribution in [1.29, 1.82) is 0 Å². The molecule has 140 valence electrons. The highest BCUT2D eigenvalue weighted by atomic mass is 35.5. The van der Waals surface area contributed by atoms with E-state index in [1.807, 2.05) is 0 Å². The lowest BCUT2D eigenvalue weighted by atomic mass is 10.2. The number of aromatic nitrogens is 3. The van der Waals surface area contributed by atoms with Gasteiger partial charge in [0.15, 0.2) is 5.16 Å². The van der Waals surface area contributed by atoms with Crippen molar-refractivity contribution < 1.29 is 9.13 Å². The molecule has 1 N–H and O–H groups in total. The zero-order valence-corrected chi connectivity index (χ0v) is 16.1. The smallest absolute Gasteiger partial charge is 0.297 e. The third kappa shape index (κ3) is 4.58. The van der Waals surface area contributed by atoms with Crippen LogP contribution in [-0.4, -0.2) is 21.9 Å². The molecule has 1 heterocycles. The molecule has 0 aliphatic carbocycles. The fourth-order valence-corrected chi connectivity index (χ4v) is 3.38. The van der Waals surface area contributed by atoms with Gasteiger partial charge >= 0.3 is 0 Å². The standard InChI is InChI=1S/C18H16ClFN4O2S/c1-24-17(25)16(21-13-7-8-15(26-2)14(19)9-13)22-23-18(24)27-10-11-3-5-12(20)6-4-11/h3-9H,10H2,1-2H3,(H,21,22). The number of hydrogen-bond donors (Lipinski definition) is 1. The van der Waals surface area contributed by atoms with Gasteiger partial charge in [-0.3, -0.25) is 9.36 Å². The van der Waals surface area contributed by atoms with Gasteiger partial charge in [0.1, 0.15) is 11.6 Å². The summed E-state index contributed by atoms with van der Waals surface area (Å²) in [6.45, 7) is 0. The van der Waals surface area contributed by atoms with Crippen LogP contribution >= 0.6 is 23.4 Å². The van der Waals surface area contributed by atoms with E-state index >= 15 is 0 Å². The molecule has 0 amide bonds. The molecule has 1 aromatic heterocycles. The molecule has 0 unspecified atom stereocenters. The highest BCUT2D eigenvalue weighted by molar-refractivity contribution is 7.98. The summed E-state index contributed by atoms with van der Waals surface area (Å²) in [5.41, 5.74) is 1.20. The van der Waals surface area contributed by atoms with Crippen molar-refractivity contribution in [2.24, 2.45) is 7.05 Å². The predicted molar refractivity (Wildman–Crippen MR) is 105 cm³/mol. The summed E-state index contributed by atoms with van der Waals surface area (Å²) in [4.78, 5) is 12.5. The number of halogens is 2. The Morgan fingerprint density at radius 1 is 1.22 bits per heavy atom. The van der Waals surface area contributed by atoms with Gasteiger partial charge in [0.25, 0.3) is 5.56 Å². The molecular formula is C18H16ClFN4O2S. The Morgan fingerprint density at radius 3 is 2.63 bits per heavy atom. The topological polar surface area (TPSA) is 69.0 Å². The Balaban J connectivity index is 1.75. The second-order valence-electron chi connectivity index (χ2n) is 5.58. The number of nitrogens with zero attached hydrogens (tertiary/aromatic N) is 3. The quantitative estimate of drug-likeness (QED) is 0.624. The molecule has 0 radical (unpaired) electrons. The zero-order chi connectivity index (χ0) is 19.4. The van der Waals surface area contributed by atoms with Gasteiger partial charge in [0.2, 0.25) is 5.82 Å². The molecule has 0 aliphatic heterocycles. The van der Waals surface area contributed by atoms with E-state index in [1.54, 1.807) is 37.4 Å². The second kappa shape index (κ2) is 8.41. The van der Waals surface area contributed by atoms with Crippen LogP contribution in [0.4, 0.5) is 15.9 Å². The maximum Gasteiger partial charge on any atom is 0.297 e. The van der Waals surface area contributed by atoms with Crippen LogP contribution in [0, 0.1) is 5.82 Å². The molecule has 3 rings (SSSR count). The minimum absolute atomic E-state index is 0.0878. The lowest BCUT2D eigenvalue weighted by Gasteiger charge is -2.10. The third-order valence-corrected chi connectivity index (χ3v) is 5.11. The first-order valence-corrected chi connectivity index (χ1v) is 9.26. The number of methoxy groups -OCH3 is 1. The molecule has 0 saturated heterocycles. The van der Waals surface area contributed by atoms with Crippen molar-refractivity contribution in [3.05, 3.63) is 69.2 Å². The molecular weight excluding hydrogens is 391 g/mol. The highest BCUT2D eigenvalue weighted by Crippen LogP contribution is 2.28. The van der Waals surface area contributed by atoms with Crippen molar-refractivity contribution in [3.8, 4) is 5.75 Å². The van der Waals surface area contributed by atoms with Crippen molar-refractivity contribution in [2.75, 3.05) is 12.4 Å². The van der Waals surface area contributed by atoms with Gasteiger partial charge in [-0.25, -0.2) is 4.39 Å². The number of anilines is 2. The van der Waals surface area contributed by atoms with Crippen LogP contribution in [0.15, 0.2) is 52.4 Å². The molecule has 27 heavy (non-hydrogen) atoms. The van der Waals surface area contributed by atoms with Gasteiger partial charge in [-0.1, -0.05) is 35.5 Å². The molecule has 2 aromatic carbocycles. The number of rotatable bonds is 6. The van der Waals surface area contributed by atoms with Gasteiger partial charge in [0, 0.05) is 18.5 Å². The molecule has 0 bridgehead atoms. The average molecular weight is 407 g/mol. The monoisotopic (exact) mass is 406 g/mol. The van der Waals surface area contributed by atoms with Crippen molar-refractivity contribution >= 4 is 34.9 Å². The number of thioether (sulfide) groups is 1. The molecule has 0 fully saturated rings. The van der Waals surface area contributed by atoms with Gasteiger partial charge in [-0.2, -0.15) is 0 Å². The first-order chi connectivity index (χ1) is 13.0. The summed E-state index contributed by atoms with van der Waals surface area (Å²) in [5, 5.41) is 11.9. The molecule has 3 aromatic rings. The summed E-state index contributed by atoms with van der Waals surface area (Å²) < 4.78 is 19.5. The van der Waals surface area contributed by atoms with Crippen molar-refractivity contribution in [3.63, 3.8) is 0 Å². The fourth-order valence-electron chi connectivity index (χ4n) is 2.26. The Morgan fingerprint density at radius 2 is 1.96 bits per heavy atom. The summed E-state index contributed by atoms with van der Waals surface area (Å²) in [6, 6.07) is 11.2. The van der Waals surface area contributed by atoms with Gasteiger partial charge in [-0.05, 0) is 35.9 Å². The Hall–Kier alpha value is -2.58. The Bertz CT molecular complexity index is 1010. The number of ether oxygens (including phenoxy) is 1. The van der Waals surface area contributed by atoms with Gasteiger partial charge < -0.3 is 10.1 Å². The minimum atomic E-state index is -0.321. The van der Waals surface area contributed by atoms with E-state index in [0.29, 0.717) is 27.4 Å². The summed E-state index contributed by atoms with van der Waals surface area (Å²) in [7, 11) is 3.15. The van der Waals surface area contributed by atoms with E-state index in [4.69, 9.17) is 16.3 Å². The summed E-state index contributed by atoms with van der Waals surface area (Å²) in [5.74, 6) is 0.881. The number of hydrogen-bond acceptors (Lipinski definition) is 6. The van der Waals surface area contributed by atoms with E-state index in [0.717, 1.165) is 5.56 Å². The van der Waals surface area contributed by atoms with E-state index in [1.165, 1.54) is 35.6 Å². The molecule has 6 nitrogen and oxygen atoms in total. The lowest BCUT2D eigenvalue weighted by Crippen LogP contribution is -2.24. The molecule has 9 heteroatoms. The Labute approximate surface area is 164 Å². The van der Waals surface area contributed by atoms with E-state index in [-0.39, 0.29) is 17.2 Å². The largest absolute Gasteiger partial charge is 0.495 e. The maximum absolute atomic E-state index is 13.0. The van der Waals surface area contributed by atoms with E-state index < -0.39 is 0 Å². The fraction of sp³-hybridized carbons (Fsp3) is 0.167. The SMILES string of the molecule is COc1ccc(Nc2nnc(SCc3ccc(F)cc3)n(C)c2=O)cc1Cl. The molecule has 0 spiro atoms. The summed E-state index contributed by atoms with van der Waals surface area (Å²) in [6.07, 6.45) is 0. The van der Waals surface area contributed by atoms with Gasteiger partial charge in [-0.15, -0.1) is 10.2 Å². The first-order valence-electron chi connectivity index (χ1n) is 7.89. The minimum Gasteiger partial charge on any atom is -0.495 e. The van der Waals surface area contributed by atoms with Crippen LogP contribution < -0.4 is 15.6 Å². The second-order valence-corrected chi connectivity index (χ2v) is 6.93. The molecule has 0 aliphatic rings. The van der Waals surface area contributed by atoms with Crippen LogP contribution in [0.1, 0.15) is 5.56 Å². The van der Waals surface area contributed by atoms with Crippen LogP contribution in [-0.2, 0) is 12.8 Å². The highest BCUT2D eigenvalue weighted by Gasteiger charge is 2.11. The maximum atomic E-state index is 13.0. The van der Waals surface area contributed by atoms with Crippen LogP contribution in [0.2, 0.25) is 5.02 Å². The molecule has 0 atom stereocenters. The van der Waals surface area contributed by atoms with Crippen molar-refractivity contribution in [2.45, 2.75) is 10.9 Å². The van der Waals surface area contributed by atoms with Crippen LogP contribution in [0.25, 0.3) is 0 Å². The lowest BCUT2D eigenvalue weighted by molar-refractivity contribution is 0.415. The normalized spacial score (nSPS) is 10.7. The van der Waals surface area contributed by atoms with Gasteiger partial charge in [0.05, 0.1) is 12.1 Å². The number of nitrogens with one attached hydrogen (secondary N) is 1. The number of benzene rings is 2. The average Bonchev–Trinajstić information content (AvgIpc) is 2.66. The zero-order valence-electron chi connectivity index (χ0n) is 14.6. The third-order valence-electron chi connectivity index (χ3n) is 3.73. The molecule has 0 saturated carbocycles. The van der Waals surface area contributed by atoms with E-state index in [9.17, 15) is 9.18 Å². The van der Waals surface area contributed by atoms with Crippen molar-refractivity contribution in [1.82, 2.24) is 14.8 Å². The van der Waals surface area contributed by atoms with E-state index in [2.05, 4.69) is 15.5 Å². The summed E-state index contributed by atoms with van der Waals surface area (Å²) >= 11 is 7.43. The van der Waals surface area contributed by atoms with Crippen LogP contribution in [0.3, 0.4) is 0 Å². The predicted octanol–water partition coefficient (Wildman–Crippen LogP) is 4.01.